The van der Waals surface area contributed by atoms with Crippen LogP contribution < -0.4 is 4.74 Å². The van der Waals surface area contributed by atoms with Gasteiger partial charge in [0.1, 0.15) is 12.4 Å². The Morgan fingerprint density at radius 2 is 2.12 bits per heavy atom. The zero-order valence-corrected chi connectivity index (χ0v) is 20.8. The van der Waals surface area contributed by atoms with Crippen LogP contribution in [-0.4, -0.2) is 72.9 Å². The summed E-state index contributed by atoms with van der Waals surface area (Å²) in [5.41, 5.74) is 2.39. The highest BCUT2D eigenvalue weighted by Gasteiger charge is 2.34. The largest absolute Gasteiger partial charge is 0.491 e. The zero-order chi connectivity index (χ0) is 23.9. The fourth-order valence-corrected chi connectivity index (χ4v) is 5.40. The SMILES string of the molecule is C=CCOC[C@H](O)CN(CC(=O)N1CCc2sccc2[C@@H]1COc1ccc(C)cc1)CC1CC1. The van der Waals surface area contributed by atoms with E-state index in [0.29, 0.717) is 38.8 Å². The third-order valence-electron chi connectivity index (χ3n) is 6.43. The Morgan fingerprint density at radius 3 is 2.85 bits per heavy atom. The number of nitrogens with zero attached hydrogens (tertiary/aromatic N) is 2. The van der Waals surface area contributed by atoms with Crippen molar-refractivity contribution < 1.29 is 19.4 Å². The maximum Gasteiger partial charge on any atom is 0.237 e. The molecule has 0 bridgehead atoms. The summed E-state index contributed by atoms with van der Waals surface area (Å²) in [5.74, 6) is 1.53. The molecule has 1 N–H and O–H groups in total. The van der Waals surface area contributed by atoms with Crippen LogP contribution in [-0.2, 0) is 16.0 Å². The van der Waals surface area contributed by atoms with E-state index in [1.165, 1.54) is 28.8 Å². The lowest BCUT2D eigenvalue weighted by molar-refractivity contribution is -0.136. The average molecular weight is 485 g/mol. The molecule has 2 atom stereocenters. The fourth-order valence-electron chi connectivity index (χ4n) is 4.47. The topological polar surface area (TPSA) is 62.2 Å². The Kier molecular flexibility index (Phi) is 8.78. The van der Waals surface area contributed by atoms with Gasteiger partial charge in [-0.15, -0.1) is 17.9 Å². The maximum atomic E-state index is 13.6. The first-order valence-corrected chi connectivity index (χ1v) is 13.1. The third-order valence-corrected chi connectivity index (χ3v) is 7.43. The third kappa shape index (κ3) is 6.92. The zero-order valence-electron chi connectivity index (χ0n) is 20.0. The average Bonchev–Trinajstić information content (AvgIpc) is 3.50. The first-order valence-electron chi connectivity index (χ1n) is 12.2. The van der Waals surface area contributed by atoms with E-state index in [1.807, 2.05) is 29.2 Å². The van der Waals surface area contributed by atoms with Crippen LogP contribution in [0.25, 0.3) is 0 Å². The van der Waals surface area contributed by atoms with E-state index >= 15 is 0 Å². The van der Waals surface area contributed by atoms with Gasteiger partial charge < -0.3 is 19.5 Å². The van der Waals surface area contributed by atoms with Gasteiger partial charge in [0.2, 0.25) is 5.91 Å². The molecule has 0 saturated heterocycles. The van der Waals surface area contributed by atoms with Crippen molar-refractivity contribution in [1.29, 1.82) is 0 Å². The molecule has 1 saturated carbocycles. The lowest BCUT2D eigenvalue weighted by Crippen LogP contribution is -2.48. The fraction of sp³-hybridized carbons (Fsp3) is 0.519. The smallest absolute Gasteiger partial charge is 0.237 e. The van der Waals surface area contributed by atoms with Crippen LogP contribution in [0.3, 0.4) is 0 Å². The van der Waals surface area contributed by atoms with Crippen molar-refractivity contribution in [3.05, 3.63) is 64.4 Å². The number of fused-ring (bicyclic) bond motifs is 1. The van der Waals surface area contributed by atoms with Gasteiger partial charge in [-0.1, -0.05) is 23.8 Å². The van der Waals surface area contributed by atoms with Gasteiger partial charge in [-0.2, -0.15) is 0 Å². The highest BCUT2D eigenvalue weighted by Crippen LogP contribution is 2.34. The lowest BCUT2D eigenvalue weighted by Gasteiger charge is -2.37. The Balaban J connectivity index is 1.41. The van der Waals surface area contributed by atoms with Gasteiger partial charge in [0.25, 0.3) is 0 Å². The predicted molar refractivity (Wildman–Crippen MR) is 135 cm³/mol. The Labute approximate surface area is 206 Å². The molecule has 1 fully saturated rings. The molecule has 2 aliphatic rings. The van der Waals surface area contributed by atoms with Gasteiger partial charge in [-0.05, 0) is 61.2 Å². The van der Waals surface area contributed by atoms with Crippen LogP contribution in [0.1, 0.15) is 34.9 Å². The molecule has 2 heterocycles. The molecule has 1 aromatic heterocycles. The summed E-state index contributed by atoms with van der Waals surface area (Å²) in [6, 6.07) is 10.1. The summed E-state index contributed by atoms with van der Waals surface area (Å²) >= 11 is 1.76. The molecule has 1 amide bonds. The monoisotopic (exact) mass is 484 g/mol. The molecule has 1 aromatic carbocycles. The van der Waals surface area contributed by atoms with Gasteiger partial charge in [0, 0.05) is 24.5 Å². The maximum absolute atomic E-state index is 13.6. The van der Waals surface area contributed by atoms with Crippen molar-refractivity contribution in [1.82, 2.24) is 9.80 Å². The summed E-state index contributed by atoms with van der Waals surface area (Å²) in [6.07, 6.45) is 4.31. The second-order valence-electron chi connectivity index (χ2n) is 9.39. The summed E-state index contributed by atoms with van der Waals surface area (Å²) in [4.78, 5) is 19.0. The van der Waals surface area contributed by atoms with Gasteiger partial charge in [-0.25, -0.2) is 0 Å². The molecular weight excluding hydrogens is 448 g/mol. The standard InChI is InChI=1S/C27H36N2O4S/c1-3-13-32-18-22(30)16-28(15-21-6-7-21)17-27(31)29-12-10-26-24(11-14-34-26)25(29)19-33-23-8-4-20(2)5-9-23/h3-5,8-9,11,14,21-22,25,30H,1,6-7,10,12-13,15-19H2,2H3/t22-,25+/m1/s1. The minimum atomic E-state index is -0.628. The highest BCUT2D eigenvalue weighted by molar-refractivity contribution is 7.10. The second kappa shape index (κ2) is 12.0. The number of ether oxygens (including phenoxy) is 2. The first kappa shape index (κ1) is 24.9. The van der Waals surface area contributed by atoms with Crippen molar-refractivity contribution in [3.63, 3.8) is 0 Å². The Morgan fingerprint density at radius 1 is 1.32 bits per heavy atom. The van der Waals surface area contributed by atoms with Crippen molar-refractivity contribution in [2.75, 3.05) is 46.0 Å². The predicted octanol–water partition coefficient (Wildman–Crippen LogP) is 3.84. The number of benzene rings is 1. The normalized spacial score (nSPS) is 18.6. The summed E-state index contributed by atoms with van der Waals surface area (Å²) in [6.45, 7) is 9.05. The van der Waals surface area contributed by atoms with E-state index in [4.69, 9.17) is 9.47 Å². The van der Waals surface area contributed by atoms with Gasteiger partial charge in [0.05, 0.1) is 31.9 Å². The molecular formula is C27H36N2O4S. The molecule has 184 valence electrons. The molecule has 2 aromatic rings. The summed E-state index contributed by atoms with van der Waals surface area (Å²) in [5, 5.41) is 12.6. The van der Waals surface area contributed by atoms with Crippen LogP contribution in [0.5, 0.6) is 5.75 Å². The number of thiophene rings is 1. The van der Waals surface area contributed by atoms with E-state index in [-0.39, 0.29) is 18.6 Å². The second-order valence-corrected chi connectivity index (χ2v) is 10.4. The molecule has 34 heavy (non-hydrogen) atoms. The lowest BCUT2D eigenvalue weighted by atomic mass is 10.0. The molecule has 0 spiro atoms. The quantitative estimate of drug-likeness (QED) is 0.346. The van der Waals surface area contributed by atoms with Crippen molar-refractivity contribution in [3.8, 4) is 5.75 Å². The number of amides is 1. The minimum Gasteiger partial charge on any atom is -0.491 e. The Hall–Kier alpha value is -2.19. The van der Waals surface area contributed by atoms with Gasteiger partial charge in [-0.3, -0.25) is 9.69 Å². The van der Waals surface area contributed by atoms with Crippen LogP contribution in [0, 0.1) is 12.8 Å². The van der Waals surface area contributed by atoms with E-state index in [2.05, 4.69) is 29.8 Å². The molecule has 1 aliphatic heterocycles. The minimum absolute atomic E-state index is 0.0919. The molecule has 1 aliphatic carbocycles. The number of aliphatic hydroxyl groups excluding tert-OH is 1. The molecule has 0 radical (unpaired) electrons. The number of carbonyl (C=O) groups is 1. The number of aliphatic hydroxyl groups is 1. The number of aryl methyl sites for hydroxylation is 1. The molecule has 4 rings (SSSR count). The molecule has 7 heteroatoms. The van der Waals surface area contributed by atoms with E-state index in [9.17, 15) is 9.90 Å². The number of hydrogen-bond donors (Lipinski definition) is 1. The van der Waals surface area contributed by atoms with Gasteiger partial charge >= 0.3 is 0 Å². The van der Waals surface area contributed by atoms with E-state index in [0.717, 1.165) is 18.7 Å². The molecule has 6 nitrogen and oxygen atoms in total. The highest BCUT2D eigenvalue weighted by atomic mass is 32.1. The van der Waals surface area contributed by atoms with Crippen LogP contribution >= 0.6 is 11.3 Å². The number of hydrogen-bond acceptors (Lipinski definition) is 6. The number of rotatable bonds is 13. The van der Waals surface area contributed by atoms with Crippen LogP contribution in [0.4, 0.5) is 0 Å². The van der Waals surface area contributed by atoms with Crippen LogP contribution in [0.15, 0.2) is 48.4 Å². The first-order chi connectivity index (χ1) is 16.5. The van der Waals surface area contributed by atoms with Gasteiger partial charge in [0.15, 0.2) is 0 Å². The van der Waals surface area contributed by atoms with Crippen LogP contribution in [0.2, 0.25) is 0 Å². The molecule has 0 unspecified atom stereocenters. The van der Waals surface area contributed by atoms with E-state index < -0.39 is 6.10 Å². The van der Waals surface area contributed by atoms with Crippen molar-refractivity contribution in [2.45, 2.75) is 38.3 Å². The number of carbonyl (C=O) groups excluding carboxylic acids is 1. The van der Waals surface area contributed by atoms with E-state index in [1.54, 1.807) is 17.4 Å². The van der Waals surface area contributed by atoms with Crippen molar-refractivity contribution in [2.24, 2.45) is 5.92 Å². The Bertz CT molecular complexity index is 940. The van der Waals surface area contributed by atoms with Crippen molar-refractivity contribution >= 4 is 17.2 Å². The summed E-state index contributed by atoms with van der Waals surface area (Å²) < 4.78 is 11.5. The summed E-state index contributed by atoms with van der Waals surface area (Å²) in [7, 11) is 0.